The van der Waals surface area contributed by atoms with Gasteiger partial charge in [0, 0.05) is 30.5 Å². The molecule has 2 rings (SSSR count). The molecule has 1 aromatic carbocycles. The molecule has 3 nitrogen and oxygen atoms in total. The van der Waals surface area contributed by atoms with Crippen molar-refractivity contribution in [2.24, 2.45) is 0 Å². The third-order valence-electron chi connectivity index (χ3n) is 2.94. The van der Waals surface area contributed by atoms with E-state index < -0.39 is 12.7 Å². The van der Waals surface area contributed by atoms with Crippen LogP contribution in [0.3, 0.4) is 0 Å². The van der Waals surface area contributed by atoms with E-state index in [1.54, 1.807) is 12.4 Å². The van der Waals surface area contributed by atoms with E-state index in [2.05, 4.69) is 10.3 Å². The molecule has 1 N–H and O–H groups in total. The first-order valence-corrected chi connectivity index (χ1v) is 6.33. The summed E-state index contributed by atoms with van der Waals surface area (Å²) < 4.78 is 38.2. The Kier molecular flexibility index (Phi) is 4.44. The van der Waals surface area contributed by atoms with Gasteiger partial charge in [-0.1, -0.05) is 30.3 Å². The molecule has 1 heterocycles. The number of imidazole rings is 1. The number of benzene rings is 1. The van der Waals surface area contributed by atoms with Crippen molar-refractivity contribution in [2.75, 3.05) is 13.1 Å². The number of alkyl halides is 3. The predicted octanol–water partition coefficient (Wildman–Crippen LogP) is 3.26. The van der Waals surface area contributed by atoms with Crippen molar-refractivity contribution in [1.82, 2.24) is 14.9 Å². The average Bonchev–Trinajstić information content (AvgIpc) is 2.87. The van der Waals surface area contributed by atoms with Gasteiger partial charge < -0.3 is 9.88 Å². The van der Waals surface area contributed by atoms with E-state index in [1.807, 2.05) is 41.8 Å². The van der Waals surface area contributed by atoms with E-state index in [0.717, 1.165) is 11.4 Å². The highest BCUT2D eigenvalue weighted by Gasteiger charge is 2.26. The van der Waals surface area contributed by atoms with Gasteiger partial charge in [-0.15, -0.1) is 0 Å². The third kappa shape index (κ3) is 3.84. The molecule has 1 atom stereocenters. The van der Waals surface area contributed by atoms with Gasteiger partial charge in [0.2, 0.25) is 0 Å². The maximum Gasteiger partial charge on any atom is 0.401 e. The lowest BCUT2D eigenvalue weighted by molar-refractivity contribution is -0.124. The number of rotatable bonds is 5. The topological polar surface area (TPSA) is 29.9 Å². The van der Waals surface area contributed by atoms with Crippen LogP contribution in [0.2, 0.25) is 0 Å². The Morgan fingerprint density at radius 3 is 2.60 bits per heavy atom. The minimum Gasteiger partial charge on any atom is -0.327 e. The minimum absolute atomic E-state index is 0.116. The number of nitrogens with zero attached hydrogens (tertiary/aromatic N) is 2. The summed E-state index contributed by atoms with van der Waals surface area (Å²) >= 11 is 0. The fourth-order valence-electron chi connectivity index (χ4n) is 2.00. The highest BCUT2D eigenvalue weighted by atomic mass is 19.4. The summed E-state index contributed by atoms with van der Waals surface area (Å²) in [5.74, 6) is 0.756. The predicted molar refractivity (Wildman–Crippen MR) is 71.3 cm³/mol. The van der Waals surface area contributed by atoms with E-state index in [0.29, 0.717) is 0 Å². The van der Waals surface area contributed by atoms with Gasteiger partial charge in [0.05, 0.1) is 6.54 Å². The van der Waals surface area contributed by atoms with Crippen molar-refractivity contribution in [3.63, 3.8) is 0 Å². The monoisotopic (exact) mass is 283 g/mol. The van der Waals surface area contributed by atoms with E-state index in [-0.39, 0.29) is 12.6 Å². The smallest absolute Gasteiger partial charge is 0.327 e. The zero-order valence-electron chi connectivity index (χ0n) is 11.1. The van der Waals surface area contributed by atoms with Crippen molar-refractivity contribution in [1.29, 1.82) is 0 Å². The molecule has 0 bridgehead atoms. The van der Waals surface area contributed by atoms with E-state index in [9.17, 15) is 13.2 Å². The average molecular weight is 283 g/mol. The number of aromatic nitrogens is 2. The first-order chi connectivity index (χ1) is 9.47. The van der Waals surface area contributed by atoms with Crippen LogP contribution in [0.4, 0.5) is 13.2 Å². The normalized spacial score (nSPS) is 13.4. The van der Waals surface area contributed by atoms with Gasteiger partial charge in [-0.25, -0.2) is 4.98 Å². The van der Waals surface area contributed by atoms with Crippen LogP contribution in [-0.4, -0.2) is 28.8 Å². The Morgan fingerprint density at radius 1 is 1.25 bits per heavy atom. The lowest BCUT2D eigenvalue weighted by atomic mass is 10.2. The minimum atomic E-state index is -4.18. The summed E-state index contributed by atoms with van der Waals surface area (Å²) in [6.07, 6.45) is -0.748. The van der Waals surface area contributed by atoms with Crippen LogP contribution in [0.5, 0.6) is 0 Å². The number of hydrogen-bond donors (Lipinski definition) is 1. The summed E-state index contributed by atoms with van der Waals surface area (Å²) in [5.41, 5.74) is 0.945. The van der Waals surface area contributed by atoms with Gasteiger partial charge in [-0.3, -0.25) is 0 Å². The van der Waals surface area contributed by atoms with Crippen molar-refractivity contribution >= 4 is 0 Å². The fourth-order valence-corrected chi connectivity index (χ4v) is 2.00. The summed E-state index contributed by atoms with van der Waals surface area (Å²) in [4.78, 5) is 4.28. The SMILES string of the molecule is CC(CNCC(F)(F)F)n1ccnc1-c1ccccc1. The van der Waals surface area contributed by atoms with Crippen LogP contribution >= 0.6 is 0 Å². The molecule has 0 fully saturated rings. The molecule has 0 aliphatic rings. The Labute approximate surface area is 115 Å². The fraction of sp³-hybridized carbons (Fsp3) is 0.357. The quantitative estimate of drug-likeness (QED) is 0.912. The molecular weight excluding hydrogens is 267 g/mol. The van der Waals surface area contributed by atoms with Gasteiger partial charge in [0.25, 0.3) is 0 Å². The van der Waals surface area contributed by atoms with Crippen LogP contribution in [0.25, 0.3) is 11.4 Å². The van der Waals surface area contributed by atoms with Crippen molar-refractivity contribution in [2.45, 2.75) is 19.1 Å². The van der Waals surface area contributed by atoms with Crippen LogP contribution in [0.15, 0.2) is 42.7 Å². The second kappa shape index (κ2) is 6.09. The van der Waals surface area contributed by atoms with Crippen molar-refractivity contribution in [3.05, 3.63) is 42.7 Å². The Balaban J connectivity index is 2.05. The van der Waals surface area contributed by atoms with E-state index in [4.69, 9.17) is 0 Å². The van der Waals surface area contributed by atoms with Crippen LogP contribution < -0.4 is 5.32 Å². The molecule has 0 aliphatic carbocycles. The number of nitrogens with one attached hydrogen (secondary N) is 1. The summed E-state index contributed by atoms with van der Waals surface area (Å²) in [5, 5.41) is 2.42. The van der Waals surface area contributed by atoms with E-state index in [1.165, 1.54) is 0 Å². The standard InChI is InChI=1S/C14H16F3N3/c1-11(9-18-10-14(15,16)17)20-8-7-19-13(20)12-5-3-2-4-6-12/h2-8,11,18H,9-10H2,1H3. The molecule has 108 valence electrons. The van der Waals surface area contributed by atoms with Gasteiger partial charge in [-0.05, 0) is 6.92 Å². The molecule has 0 saturated carbocycles. The molecule has 0 saturated heterocycles. The molecule has 1 aromatic heterocycles. The lowest BCUT2D eigenvalue weighted by Crippen LogP contribution is -2.32. The molecule has 0 spiro atoms. The molecule has 1 unspecified atom stereocenters. The van der Waals surface area contributed by atoms with Gasteiger partial charge >= 0.3 is 6.18 Å². The van der Waals surface area contributed by atoms with Gasteiger partial charge in [-0.2, -0.15) is 13.2 Å². The molecular formula is C14H16F3N3. The zero-order chi connectivity index (χ0) is 14.6. The number of halogens is 3. The third-order valence-corrected chi connectivity index (χ3v) is 2.94. The molecule has 6 heteroatoms. The first kappa shape index (κ1) is 14.6. The number of hydrogen-bond acceptors (Lipinski definition) is 2. The Hall–Kier alpha value is -1.82. The maximum absolute atomic E-state index is 12.1. The van der Waals surface area contributed by atoms with Gasteiger partial charge in [0.1, 0.15) is 5.82 Å². The Bertz CT molecular complexity index is 534. The van der Waals surface area contributed by atoms with Crippen LogP contribution in [-0.2, 0) is 0 Å². The van der Waals surface area contributed by atoms with E-state index >= 15 is 0 Å². The van der Waals surface area contributed by atoms with Crippen molar-refractivity contribution in [3.8, 4) is 11.4 Å². The second-order valence-electron chi connectivity index (χ2n) is 4.62. The molecule has 0 radical (unpaired) electrons. The maximum atomic E-state index is 12.1. The summed E-state index contributed by atoms with van der Waals surface area (Å²) in [6.45, 7) is 1.11. The first-order valence-electron chi connectivity index (χ1n) is 6.33. The van der Waals surface area contributed by atoms with Crippen molar-refractivity contribution < 1.29 is 13.2 Å². The van der Waals surface area contributed by atoms with Crippen LogP contribution in [0.1, 0.15) is 13.0 Å². The summed E-state index contributed by atoms with van der Waals surface area (Å²) in [6, 6.07) is 9.45. The lowest BCUT2D eigenvalue weighted by Gasteiger charge is -2.18. The molecule has 0 aliphatic heterocycles. The molecule has 2 aromatic rings. The second-order valence-corrected chi connectivity index (χ2v) is 4.62. The van der Waals surface area contributed by atoms with Gasteiger partial charge in [0.15, 0.2) is 0 Å². The Morgan fingerprint density at radius 2 is 1.95 bits per heavy atom. The van der Waals surface area contributed by atoms with Crippen LogP contribution in [0, 0.1) is 0 Å². The summed E-state index contributed by atoms with van der Waals surface area (Å²) in [7, 11) is 0. The highest BCUT2D eigenvalue weighted by molar-refractivity contribution is 5.55. The molecule has 20 heavy (non-hydrogen) atoms. The molecule has 0 amide bonds. The zero-order valence-corrected chi connectivity index (χ0v) is 11.1. The highest BCUT2D eigenvalue weighted by Crippen LogP contribution is 2.20. The largest absolute Gasteiger partial charge is 0.401 e.